The minimum absolute atomic E-state index is 0.150. The fourth-order valence-electron chi connectivity index (χ4n) is 2.70. The zero-order valence-corrected chi connectivity index (χ0v) is 12.2. The molecule has 1 saturated carbocycles. The van der Waals surface area contributed by atoms with Crippen LogP contribution in [0.15, 0.2) is 6.07 Å². The van der Waals surface area contributed by atoms with Gasteiger partial charge in [-0.25, -0.2) is 0 Å². The van der Waals surface area contributed by atoms with E-state index in [1.165, 1.54) is 30.8 Å². The molecule has 0 bridgehead atoms. The van der Waals surface area contributed by atoms with Crippen molar-refractivity contribution in [2.24, 2.45) is 5.92 Å². The molecule has 1 saturated heterocycles. The quantitative estimate of drug-likeness (QED) is 0.836. The summed E-state index contributed by atoms with van der Waals surface area (Å²) in [6.07, 6.45) is 3.93. The average molecular weight is 282 g/mol. The van der Waals surface area contributed by atoms with Crippen LogP contribution in [-0.2, 0) is 0 Å². The lowest BCUT2D eigenvalue weighted by Crippen LogP contribution is -2.51. The van der Waals surface area contributed by atoms with Gasteiger partial charge in [-0.15, -0.1) is 0 Å². The highest BCUT2D eigenvalue weighted by atomic mass is 32.2. The molecule has 1 aromatic heterocycles. The van der Waals surface area contributed by atoms with Crippen LogP contribution in [0.5, 0.6) is 0 Å². The van der Waals surface area contributed by atoms with E-state index in [-0.39, 0.29) is 5.91 Å². The molecule has 1 atom stereocenters. The van der Waals surface area contributed by atoms with Gasteiger partial charge in [0.15, 0.2) is 0 Å². The highest BCUT2D eigenvalue weighted by molar-refractivity contribution is 7.99. The molecule has 1 aliphatic heterocycles. The number of aryl methyl sites for hydroxylation is 1. The minimum atomic E-state index is 0.150. The second kappa shape index (κ2) is 5.21. The molecule has 2 fully saturated rings. The van der Waals surface area contributed by atoms with Crippen LogP contribution in [-0.4, -0.2) is 39.3 Å². The van der Waals surface area contributed by atoms with Gasteiger partial charge in [-0.2, -0.15) is 16.1 Å². The molecule has 1 amide bonds. The summed E-state index contributed by atoms with van der Waals surface area (Å²) in [4.78, 5) is 15.7. The number of nitrogens with zero attached hydrogens (tertiary/aromatic N) is 2. The zero-order valence-electron chi connectivity index (χ0n) is 10.6. The maximum absolute atomic E-state index is 12.5. The predicted molar refractivity (Wildman–Crippen MR) is 76.3 cm³/mol. The van der Waals surface area contributed by atoms with Crippen molar-refractivity contribution in [3.05, 3.63) is 16.6 Å². The Kier molecular flexibility index (Phi) is 3.61. The van der Waals surface area contributed by atoms with Crippen molar-refractivity contribution in [3.63, 3.8) is 0 Å². The van der Waals surface area contributed by atoms with E-state index in [0.717, 1.165) is 28.8 Å². The van der Waals surface area contributed by atoms with E-state index in [9.17, 15) is 4.79 Å². The molecule has 5 heteroatoms. The maximum atomic E-state index is 12.5. The molecule has 0 spiro atoms. The molecule has 0 radical (unpaired) electrons. The standard InChI is InChI=1S/C13H18N2OS2/c1-9-7-11(14-18-9)13(16)15-5-6-17-8-12(15)10-3-2-4-10/h7,10,12H,2-6,8H2,1H3. The minimum Gasteiger partial charge on any atom is -0.332 e. The van der Waals surface area contributed by atoms with E-state index in [2.05, 4.69) is 9.27 Å². The first-order chi connectivity index (χ1) is 8.75. The second-order valence-corrected chi connectivity index (χ2v) is 7.31. The van der Waals surface area contributed by atoms with Crippen LogP contribution >= 0.6 is 23.3 Å². The highest BCUT2D eigenvalue weighted by Crippen LogP contribution is 2.36. The Morgan fingerprint density at radius 1 is 1.50 bits per heavy atom. The van der Waals surface area contributed by atoms with Gasteiger partial charge in [0.05, 0.1) is 0 Å². The molecule has 3 nitrogen and oxygen atoms in total. The van der Waals surface area contributed by atoms with E-state index >= 15 is 0 Å². The van der Waals surface area contributed by atoms with Crippen molar-refractivity contribution >= 4 is 29.2 Å². The number of hydrogen-bond acceptors (Lipinski definition) is 4. The summed E-state index contributed by atoms with van der Waals surface area (Å²) in [5.41, 5.74) is 0.647. The van der Waals surface area contributed by atoms with Gasteiger partial charge >= 0.3 is 0 Å². The Morgan fingerprint density at radius 3 is 2.94 bits per heavy atom. The summed E-state index contributed by atoms with van der Waals surface area (Å²) in [5, 5.41) is 0. The van der Waals surface area contributed by atoms with Crippen molar-refractivity contribution in [1.29, 1.82) is 0 Å². The monoisotopic (exact) mass is 282 g/mol. The molecular weight excluding hydrogens is 264 g/mol. The third-order valence-electron chi connectivity index (χ3n) is 3.97. The van der Waals surface area contributed by atoms with Crippen molar-refractivity contribution < 1.29 is 4.79 Å². The van der Waals surface area contributed by atoms with E-state index < -0.39 is 0 Å². The average Bonchev–Trinajstić information content (AvgIpc) is 2.74. The number of aromatic nitrogens is 1. The molecular formula is C13H18N2OS2. The van der Waals surface area contributed by atoms with Crippen LogP contribution in [0.1, 0.15) is 34.6 Å². The van der Waals surface area contributed by atoms with E-state index in [1.54, 1.807) is 0 Å². The molecule has 1 aliphatic carbocycles. The second-order valence-electron chi connectivity index (χ2n) is 5.15. The predicted octanol–water partition coefficient (Wildman–Crippen LogP) is 2.81. The van der Waals surface area contributed by atoms with Gasteiger partial charge < -0.3 is 4.90 Å². The van der Waals surface area contributed by atoms with Gasteiger partial charge in [0, 0.05) is 29.0 Å². The first-order valence-corrected chi connectivity index (χ1v) is 8.50. The molecule has 0 N–H and O–H groups in total. The lowest BCUT2D eigenvalue weighted by Gasteiger charge is -2.43. The number of carbonyl (C=O) groups is 1. The summed E-state index contributed by atoms with van der Waals surface area (Å²) in [6.45, 7) is 2.89. The van der Waals surface area contributed by atoms with Crippen LogP contribution in [0, 0.1) is 12.8 Å². The number of hydrogen-bond donors (Lipinski definition) is 0. The largest absolute Gasteiger partial charge is 0.332 e. The Hall–Kier alpha value is -0.550. The van der Waals surface area contributed by atoms with Crippen LogP contribution in [0.3, 0.4) is 0 Å². The van der Waals surface area contributed by atoms with Gasteiger partial charge in [0.1, 0.15) is 5.69 Å². The fourth-order valence-corrected chi connectivity index (χ4v) is 4.43. The zero-order chi connectivity index (χ0) is 12.5. The number of amides is 1. The van der Waals surface area contributed by atoms with Crippen LogP contribution in [0.4, 0.5) is 0 Å². The Morgan fingerprint density at radius 2 is 2.33 bits per heavy atom. The number of thioether (sulfide) groups is 1. The molecule has 18 heavy (non-hydrogen) atoms. The molecule has 98 valence electrons. The molecule has 3 rings (SSSR count). The topological polar surface area (TPSA) is 33.2 Å². The summed E-state index contributed by atoms with van der Waals surface area (Å²) in [5.74, 6) is 3.07. The Bertz CT molecular complexity index is 442. The van der Waals surface area contributed by atoms with E-state index in [1.807, 2.05) is 24.8 Å². The van der Waals surface area contributed by atoms with Crippen molar-refractivity contribution in [2.75, 3.05) is 18.1 Å². The number of rotatable bonds is 2. The summed E-state index contributed by atoms with van der Waals surface area (Å²) in [6, 6.07) is 2.37. The third kappa shape index (κ3) is 2.30. The smallest absolute Gasteiger partial charge is 0.273 e. The van der Waals surface area contributed by atoms with Crippen molar-refractivity contribution in [3.8, 4) is 0 Å². The highest BCUT2D eigenvalue weighted by Gasteiger charge is 2.36. The Balaban J connectivity index is 1.77. The van der Waals surface area contributed by atoms with Gasteiger partial charge in [0.2, 0.25) is 0 Å². The molecule has 0 aromatic carbocycles. The lowest BCUT2D eigenvalue weighted by molar-refractivity contribution is 0.0566. The van der Waals surface area contributed by atoms with Crippen molar-refractivity contribution in [2.45, 2.75) is 32.2 Å². The lowest BCUT2D eigenvalue weighted by atomic mass is 9.79. The number of carbonyl (C=O) groups excluding carboxylic acids is 1. The SMILES string of the molecule is Cc1cc(C(=O)N2CCSCC2C2CCC2)ns1. The first-order valence-electron chi connectivity index (χ1n) is 6.58. The Labute approximate surface area is 116 Å². The fraction of sp³-hybridized carbons (Fsp3) is 0.692. The van der Waals surface area contributed by atoms with E-state index in [0.29, 0.717) is 11.7 Å². The van der Waals surface area contributed by atoms with Gasteiger partial charge in [-0.1, -0.05) is 6.42 Å². The molecule has 2 aliphatic rings. The van der Waals surface area contributed by atoms with Gasteiger partial charge in [-0.05, 0) is 43.3 Å². The van der Waals surface area contributed by atoms with Crippen LogP contribution in [0.2, 0.25) is 0 Å². The molecule has 1 unspecified atom stereocenters. The normalized spacial score (nSPS) is 24.9. The van der Waals surface area contributed by atoms with Gasteiger partial charge in [0.25, 0.3) is 5.91 Å². The van der Waals surface area contributed by atoms with Gasteiger partial charge in [-0.3, -0.25) is 4.79 Å². The maximum Gasteiger partial charge on any atom is 0.273 e. The molecule has 2 heterocycles. The van der Waals surface area contributed by atoms with Crippen LogP contribution in [0.25, 0.3) is 0 Å². The third-order valence-corrected chi connectivity index (χ3v) is 5.71. The van der Waals surface area contributed by atoms with E-state index in [4.69, 9.17) is 0 Å². The summed E-state index contributed by atoms with van der Waals surface area (Å²) < 4.78 is 4.27. The van der Waals surface area contributed by atoms with Crippen molar-refractivity contribution in [1.82, 2.24) is 9.27 Å². The summed E-state index contributed by atoms with van der Waals surface area (Å²) in [7, 11) is 0. The first kappa shape index (κ1) is 12.5. The van der Waals surface area contributed by atoms with Crippen LogP contribution < -0.4 is 0 Å². The molecule has 1 aromatic rings. The summed E-state index contributed by atoms with van der Waals surface area (Å²) >= 11 is 3.41.